The lowest BCUT2D eigenvalue weighted by Gasteiger charge is -2.27. The lowest BCUT2D eigenvalue weighted by molar-refractivity contribution is -0.177. The van der Waals surface area contributed by atoms with E-state index >= 15 is 0 Å². The molecule has 18 heavy (non-hydrogen) atoms. The summed E-state index contributed by atoms with van der Waals surface area (Å²) in [5, 5.41) is 0. The van der Waals surface area contributed by atoms with Gasteiger partial charge in [0.1, 0.15) is 0 Å². The van der Waals surface area contributed by atoms with Crippen LogP contribution < -0.4 is 0 Å². The van der Waals surface area contributed by atoms with E-state index in [4.69, 9.17) is 14.2 Å². The first-order valence-corrected chi connectivity index (χ1v) is 6.26. The predicted octanol–water partition coefficient (Wildman–Crippen LogP) is 2.23. The van der Waals surface area contributed by atoms with Crippen LogP contribution >= 0.6 is 0 Å². The average molecular weight is 250 g/mol. The van der Waals surface area contributed by atoms with E-state index in [2.05, 4.69) is 0 Å². The van der Waals surface area contributed by atoms with Crippen LogP contribution in [0.2, 0.25) is 0 Å². The molecule has 98 valence electrons. The fraction of sp³-hybridized carbons (Fsp3) is 0.500. The number of carbonyl (C=O) groups is 1. The molecule has 4 nitrogen and oxygen atoms in total. The van der Waals surface area contributed by atoms with Crippen LogP contribution in [0.3, 0.4) is 0 Å². The standard InChI is InChI=1S/C14H18O4/c1-2-16-13(15)8-9-14(17-10-11-18-14)12-6-4-3-5-7-12/h3-7H,2,8-11H2,1H3. The zero-order valence-electron chi connectivity index (χ0n) is 10.6. The molecule has 0 radical (unpaired) electrons. The molecule has 0 spiro atoms. The number of esters is 1. The van der Waals surface area contributed by atoms with Gasteiger partial charge in [-0.25, -0.2) is 0 Å². The number of hydrogen-bond acceptors (Lipinski definition) is 4. The van der Waals surface area contributed by atoms with E-state index in [1.54, 1.807) is 6.92 Å². The van der Waals surface area contributed by atoms with Gasteiger partial charge in [-0.15, -0.1) is 0 Å². The van der Waals surface area contributed by atoms with Gasteiger partial charge in [0.05, 0.1) is 26.2 Å². The number of carbonyl (C=O) groups excluding carboxylic acids is 1. The lowest BCUT2D eigenvalue weighted by atomic mass is 10.0. The van der Waals surface area contributed by atoms with Crippen molar-refractivity contribution in [2.24, 2.45) is 0 Å². The fourth-order valence-corrected chi connectivity index (χ4v) is 2.10. The summed E-state index contributed by atoms with van der Waals surface area (Å²) in [6.45, 7) is 3.31. The van der Waals surface area contributed by atoms with Gasteiger partial charge in [-0.2, -0.15) is 0 Å². The van der Waals surface area contributed by atoms with Crippen molar-refractivity contribution in [3.8, 4) is 0 Å². The maximum absolute atomic E-state index is 11.4. The van der Waals surface area contributed by atoms with Gasteiger partial charge in [0.15, 0.2) is 5.79 Å². The summed E-state index contributed by atoms with van der Waals surface area (Å²) in [5.74, 6) is -1.000. The molecule has 1 saturated heterocycles. The van der Waals surface area contributed by atoms with Gasteiger partial charge in [-0.05, 0) is 6.92 Å². The highest BCUT2D eigenvalue weighted by Crippen LogP contribution is 2.35. The smallest absolute Gasteiger partial charge is 0.305 e. The van der Waals surface area contributed by atoms with Crippen molar-refractivity contribution in [2.75, 3.05) is 19.8 Å². The molecule has 1 aliphatic heterocycles. The molecule has 1 fully saturated rings. The summed E-state index contributed by atoms with van der Waals surface area (Å²) in [6, 6.07) is 9.73. The van der Waals surface area contributed by atoms with Crippen LogP contribution in [-0.2, 0) is 24.8 Å². The summed E-state index contributed by atoms with van der Waals surface area (Å²) in [4.78, 5) is 11.4. The summed E-state index contributed by atoms with van der Waals surface area (Å²) < 4.78 is 16.4. The van der Waals surface area contributed by atoms with Crippen molar-refractivity contribution in [3.05, 3.63) is 35.9 Å². The van der Waals surface area contributed by atoms with Gasteiger partial charge in [-0.3, -0.25) is 4.79 Å². The summed E-state index contributed by atoms with van der Waals surface area (Å²) >= 11 is 0. The van der Waals surface area contributed by atoms with Crippen molar-refractivity contribution in [2.45, 2.75) is 25.6 Å². The Morgan fingerprint density at radius 2 is 1.94 bits per heavy atom. The van der Waals surface area contributed by atoms with Crippen molar-refractivity contribution >= 4 is 5.97 Å². The van der Waals surface area contributed by atoms with Crippen LogP contribution in [0, 0.1) is 0 Å². The maximum Gasteiger partial charge on any atom is 0.305 e. The number of rotatable bonds is 5. The monoisotopic (exact) mass is 250 g/mol. The van der Waals surface area contributed by atoms with Gasteiger partial charge in [0.2, 0.25) is 0 Å². The zero-order chi connectivity index (χ0) is 12.8. The molecule has 0 atom stereocenters. The molecular formula is C14H18O4. The Hall–Kier alpha value is -1.39. The molecular weight excluding hydrogens is 232 g/mol. The summed E-state index contributed by atoms with van der Waals surface area (Å²) in [7, 11) is 0. The zero-order valence-corrected chi connectivity index (χ0v) is 10.6. The Kier molecular flexibility index (Phi) is 4.33. The lowest BCUT2D eigenvalue weighted by Crippen LogP contribution is -2.28. The largest absolute Gasteiger partial charge is 0.466 e. The first kappa shape index (κ1) is 13.1. The Morgan fingerprint density at radius 1 is 1.28 bits per heavy atom. The second-order valence-electron chi connectivity index (χ2n) is 4.12. The Bertz CT molecular complexity index is 382. The van der Waals surface area contributed by atoms with Gasteiger partial charge in [0.25, 0.3) is 0 Å². The molecule has 1 heterocycles. The molecule has 0 amide bonds. The fourth-order valence-electron chi connectivity index (χ4n) is 2.10. The Balaban J connectivity index is 2.06. The highest BCUT2D eigenvalue weighted by molar-refractivity contribution is 5.69. The molecule has 1 aromatic carbocycles. The average Bonchev–Trinajstić information content (AvgIpc) is 2.88. The third kappa shape index (κ3) is 2.89. The van der Waals surface area contributed by atoms with E-state index in [0.717, 1.165) is 5.56 Å². The summed E-state index contributed by atoms with van der Waals surface area (Å²) in [5.41, 5.74) is 0.951. The normalized spacial score (nSPS) is 17.6. The maximum atomic E-state index is 11.4. The quantitative estimate of drug-likeness (QED) is 0.752. The van der Waals surface area contributed by atoms with Crippen molar-refractivity contribution in [3.63, 3.8) is 0 Å². The van der Waals surface area contributed by atoms with Crippen LogP contribution in [0.1, 0.15) is 25.3 Å². The topological polar surface area (TPSA) is 44.8 Å². The molecule has 4 heteroatoms. The van der Waals surface area contributed by atoms with E-state index in [9.17, 15) is 4.79 Å². The van der Waals surface area contributed by atoms with Crippen LogP contribution in [0.15, 0.2) is 30.3 Å². The Morgan fingerprint density at radius 3 is 2.56 bits per heavy atom. The second-order valence-corrected chi connectivity index (χ2v) is 4.12. The van der Waals surface area contributed by atoms with Gasteiger partial charge in [0, 0.05) is 12.0 Å². The molecule has 1 aliphatic rings. The second kappa shape index (κ2) is 5.98. The van der Waals surface area contributed by atoms with Gasteiger partial charge < -0.3 is 14.2 Å². The molecule has 0 aromatic heterocycles. The van der Waals surface area contributed by atoms with E-state index in [1.807, 2.05) is 30.3 Å². The Labute approximate surface area is 107 Å². The number of hydrogen-bond donors (Lipinski definition) is 0. The third-order valence-electron chi connectivity index (χ3n) is 2.93. The first-order chi connectivity index (χ1) is 8.77. The van der Waals surface area contributed by atoms with Gasteiger partial charge in [-0.1, -0.05) is 30.3 Å². The summed E-state index contributed by atoms with van der Waals surface area (Å²) in [6.07, 6.45) is 0.776. The molecule has 0 N–H and O–H groups in total. The van der Waals surface area contributed by atoms with E-state index < -0.39 is 5.79 Å². The van der Waals surface area contributed by atoms with E-state index in [-0.39, 0.29) is 5.97 Å². The molecule has 0 aliphatic carbocycles. The first-order valence-electron chi connectivity index (χ1n) is 6.26. The molecule has 2 rings (SSSR count). The third-order valence-corrected chi connectivity index (χ3v) is 2.93. The number of benzene rings is 1. The number of ether oxygens (including phenoxy) is 3. The van der Waals surface area contributed by atoms with Crippen LogP contribution in [0.4, 0.5) is 0 Å². The SMILES string of the molecule is CCOC(=O)CCC1(c2ccccc2)OCCO1. The van der Waals surface area contributed by atoms with Crippen molar-refractivity contribution in [1.82, 2.24) is 0 Å². The van der Waals surface area contributed by atoms with Crippen LogP contribution in [0.5, 0.6) is 0 Å². The highest BCUT2D eigenvalue weighted by atomic mass is 16.7. The predicted molar refractivity (Wildman–Crippen MR) is 65.9 cm³/mol. The molecule has 0 saturated carbocycles. The molecule has 1 aromatic rings. The van der Waals surface area contributed by atoms with Crippen molar-refractivity contribution < 1.29 is 19.0 Å². The van der Waals surface area contributed by atoms with Gasteiger partial charge >= 0.3 is 5.97 Å². The van der Waals surface area contributed by atoms with E-state index in [0.29, 0.717) is 32.7 Å². The van der Waals surface area contributed by atoms with Crippen LogP contribution in [-0.4, -0.2) is 25.8 Å². The van der Waals surface area contributed by atoms with E-state index in [1.165, 1.54) is 0 Å². The molecule has 0 bridgehead atoms. The van der Waals surface area contributed by atoms with Crippen LogP contribution in [0.25, 0.3) is 0 Å². The minimum absolute atomic E-state index is 0.216. The minimum atomic E-state index is -0.784. The minimum Gasteiger partial charge on any atom is -0.466 e. The highest BCUT2D eigenvalue weighted by Gasteiger charge is 2.38. The van der Waals surface area contributed by atoms with Crippen molar-refractivity contribution in [1.29, 1.82) is 0 Å². The molecule has 0 unspecified atom stereocenters.